The summed E-state index contributed by atoms with van der Waals surface area (Å²) in [5, 5.41) is 7.99. The molecule has 0 saturated heterocycles. The number of anilines is 1. The molecule has 0 atom stereocenters. The highest BCUT2D eigenvalue weighted by molar-refractivity contribution is 6.36. The number of ether oxygens (including phenoxy) is 2. The van der Waals surface area contributed by atoms with Gasteiger partial charge in [-0.3, -0.25) is 19.9 Å². The molecule has 1 aromatic carbocycles. The minimum atomic E-state index is -0.658. The van der Waals surface area contributed by atoms with E-state index in [9.17, 15) is 14.4 Å². The molecule has 0 aliphatic carbocycles. The minimum absolute atomic E-state index is 0.0213. The zero-order chi connectivity index (χ0) is 20.6. The molecular weight excluding hydrogens is 376 g/mol. The topological polar surface area (TPSA) is 118 Å². The lowest BCUT2D eigenvalue weighted by atomic mass is 10.1. The van der Waals surface area contributed by atoms with Crippen LogP contribution < -0.4 is 25.4 Å². The Labute approximate surface area is 162 Å². The molecule has 0 fully saturated rings. The highest BCUT2D eigenvalue weighted by Crippen LogP contribution is 2.43. The van der Waals surface area contributed by atoms with Crippen molar-refractivity contribution in [2.75, 3.05) is 18.4 Å². The molecule has 10 heteroatoms. The quantitative estimate of drug-likeness (QED) is 0.303. The van der Waals surface area contributed by atoms with Gasteiger partial charge in [-0.25, -0.2) is 4.79 Å². The molecule has 148 valence electrons. The van der Waals surface area contributed by atoms with Crippen LogP contribution in [0.2, 0.25) is 5.02 Å². The fourth-order valence-corrected chi connectivity index (χ4v) is 2.40. The van der Waals surface area contributed by atoms with Gasteiger partial charge < -0.3 is 20.1 Å². The molecule has 0 bridgehead atoms. The third-order valence-electron chi connectivity index (χ3n) is 3.01. The summed E-state index contributed by atoms with van der Waals surface area (Å²) in [4.78, 5) is 39.0. The lowest BCUT2D eigenvalue weighted by Crippen LogP contribution is -2.43. The van der Waals surface area contributed by atoms with E-state index in [0.717, 1.165) is 0 Å². The van der Waals surface area contributed by atoms with Crippen molar-refractivity contribution in [1.29, 1.82) is 0 Å². The summed E-state index contributed by atoms with van der Waals surface area (Å²) < 4.78 is 10.1. The van der Waals surface area contributed by atoms with E-state index in [1.807, 2.05) is 13.8 Å². The summed E-state index contributed by atoms with van der Waals surface area (Å²) in [7, 11) is 0. The monoisotopic (exact) mass is 398 g/mol. The number of esters is 2. The number of hydrogen-bond donors (Lipinski definition) is 3. The number of nitrogens with zero attached hydrogens (tertiary/aromatic N) is 1. The van der Waals surface area contributed by atoms with E-state index in [1.165, 1.54) is 19.9 Å². The molecule has 0 aliphatic rings. The smallest absolute Gasteiger partial charge is 0.326 e. The molecule has 0 radical (unpaired) electrons. The Morgan fingerprint density at radius 3 is 2.30 bits per heavy atom. The molecule has 0 unspecified atom stereocenters. The van der Waals surface area contributed by atoms with Crippen molar-refractivity contribution in [3.05, 3.63) is 16.7 Å². The third kappa shape index (κ3) is 6.78. The normalized spacial score (nSPS) is 10.8. The zero-order valence-electron chi connectivity index (χ0n) is 15.9. The van der Waals surface area contributed by atoms with Crippen molar-refractivity contribution >= 4 is 41.2 Å². The van der Waals surface area contributed by atoms with Crippen LogP contribution in [-0.2, 0) is 9.59 Å². The SMILES string of the molecule is CCN=C(NCC)NC(=O)Nc1c(C)cc(OC(C)=O)c(OC(C)=O)c1Cl. The first-order chi connectivity index (χ1) is 12.7. The van der Waals surface area contributed by atoms with Crippen LogP contribution >= 0.6 is 11.6 Å². The molecule has 1 aromatic rings. The maximum Gasteiger partial charge on any atom is 0.326 e. The highest BCUT2D eigenvalue weighted by Gasteiger charge is 2.22. The summed E-state index contributed by atoms with van der Waals surface area (Å²) in [6.07, 6.45) is 0. The van der Waals surface area contributed by atoms with Crippen molar-refractivity contribution in [2.45, 2.75) is 34.6 Å². The van der Waals surface area contributed by atoms with Crippen molar-refractivity contribution < 1.29 is 23.9 Å². The van der Waals surface area contributed by atoms with Crippen LogP contribution in [0.15, 0.2) is 11.1 Å². The lowest BCUT2D eigenvalue weighted by molar-refractivity contribution is -0.134. The number of aryl methyl sites for hydroxylation is 1. The fraction of sp³-hybridized carbons (Fsp3) is 0.412. The van der Waals surface area contributed by atoms with Gasteiger partial charge in [0.2, 0.25) is 0 Å². The molecule has 9 nitrogen and oxygen atoms in total. The summed E-state index contributed by atoms with van der Waals surface area (Å²) in [5.41, 5.74) is 0.702. The van der Waals surface area contributed by atoms with Gasteiger partial charge in [-0.15, -0.1) is 0 Å². The number of benzene rings is 1. The van der Waals surface area contributed by atoms with Gasteiger partial charge in [-0.05, 0) is 32.4 Å². The summed E-state index contributed by atoms with van der Waals surface area (Å²) >= 11 is 6.29. The zero-order valence-corrected chi connectivity index (χ0v) is 16.6. The van der Waals surface area contributed by atoms with Crippen molar-refractivity contribution in [3.8, 4) is 11.5 Å². The van der Waals surface area contributed by atoms with E-state index in [1.54, 1.807) is 6.92 Å². The van der Waals surface area contributed by atoms with Crippen LogP contribution in [0.4, 0.5) is 10.5 Å². The van der Waals surface area contributed by atoms with Gasteiger partial charge in [-0.1, -0.05) is 11.6 Å². The van der Waals surface area contributed by atoms with Gasteiger partial charge in [0.25, 0.3) is 0 Å². The van der Waals surface area contributed by atoms with E-state index >= 15 is 0 Å². The second-order valence-electron chi connectivity index (χ2n) is 5.33. The van der Waals surface area contributed by atoms with Crippen LogP contribution in [0.3, 0.4) is 0 Å². The molecule has 0 saturated carbocycles. The minimum Gasteiger partial charge on any atom is -0.423 e. The first kappa shape index (κ1) is 22.2. The lowest BCUT2D eigenvalue weighted by Gasteiger charge is -2.17. The number of carbonyl (C=O) groups is 3. The Bertz CT molecular complexity index is 764. The summed E-state index contributed by atoms with van der Waals surface area (Å²) in [6.45, 7) is 8.79. The molecule has 27 heavy (non-hydrogen) atoms. The van der Waals surface area contributed by atoms with E-state index in [2.05, 4.69) is 20.9 Å². The van der Waals surface area contributed by atoms with E-state index in [4.69, 9.17) is 21.1 Å². The van der Waals surface area contributed by atoms with Gasteiger partial charge >= 0.3 is 18.0 Å². The average molecular weight is 399 g/mol. The number of carbonyl (C=O) groups excluding carboxylic acids is 3. The van der Waals surface area contributed by atoms with Gasteiger partial charge in [0.05, 0.1) is 5.69 Å². The second-order valence-corrected chi connectivity index (χ2v) is 5.71. The van der Waals surface area contributed by atoms with Crippen LogP contribution in [0.1, 0.15) is 33.3 Å². The van der Waals surface area contributed by atoms with E-state index in [0.29, 0.717) is 24.6 Å². The Kier molecular flexibility index (Phi) is 8.53. The number of rotatable bonds is 5. The number of nitrogens with one attached hydrogen (secondary N) is 3. The number of halogens is 1. The number of amides is 2. The van der Waals surface area contributed by atoms with Gasteiger partial charge in [0.15, 0.2) is 17.5 Å². The van der Waals surface area contributed by atoms with Gasteiger partial charge in [0, 0.05) is 26.9 Å². The Morgan fingerprint density at radius 1 is 1.15 bits per heavy atom. The number of aliphatic imine (C=N–C) groups is 1. The average Bonchev–Trinajstić information content (AvgIpc) is 2.55. The van der Waals surface area contributed by atoms with Crippen molar-refractivity contribution in [3.63, 3.8) is 0 Å². The number of urea groups is 1. The predicted molar refractivity (Wildman–Crippen MR) is 103 cm³/mol. The molecule has 3 N–H and O–H groups in total. The maximum absolute atomic E-state index is 12.3. The van der Waals surface area contributed by atoms with Gasteiger partial charge in [-0.2, -0.15) is 0 Å². The standard InChI is InChI=1S/C17H23ClN4O5/c1-6-19-16(20-7-2)22-17(25)21-14-9(3)8-12(26-10(4)23)15(13(14)18)27-11(5)24/h8H,6-7H2,1-5H3,(H3,19,20,21,22,25). The molecule has 0 aromatic heterocycles. The van der Waals surface area contributed by atoms with Crippen LogP contribution in [0.5, 0.6) is 11.5 Å². The molecular formula is C17H23ClN4O5. The largest absolute Gasteiger partial charge is 0.423 e. The molecule has 0 spiro atoms. The van der Waals surface area contributed by atoms with Gasteiger partial charge in [0.1, 0.15) is 5.02 Å². The highest BCUT2D eigenvalue weighted by atomic mass is 35.5. The Balaban J connectivity index is 3.20. The maximum atomic E-state index is 12.3. The Hall–Kier alpha value is -2.81. The Morgan fingerprint density at radius 2 is 1.78 bits per heavy atom. The molecule has 2 amide bonds. The first-order valence-corrected chi connectivity index (χ1v) is 8.63. The van der Waals surface area contributed by atoms with Crippen LogP contribution in [0, 0.1) is 6.92 Å². The summed E-state index contributed by atoms with van der Waals surface area (Å²) in [6, 6.07) is 0.842. The molecule has 0 aliphatic heterocycles. The molecule has 1 rings (SSSR count). The second kappa shape index (κ2) is 10.4. The van der Waals surface area contributed by atoms with Crippen molar-refractivity contribution in [1.82, 2.24) is 10.6 Å². The predicted octanol–water partition coefficient (Wildman–Crippen LogP) is 2.61. The van der Waals surface area contributed by atoms with Crippen molar-refractivity contribution in [2.24, 2.45) is 4.99 Å². The van der Waals surface area contributed by atoms with E-state index in [-0.39, 0.29) is 22.2 Å². The van der Waals surface area contributed by atoms with Crippen LogP contribution in [0.25, 0.3) is 0 Å². The number of guanidine groups is 1. The summed E-state index contributed by atoms with van der Waals surface area (Å²) in [5.74, 6) is -1.14. The van der Waals surface area contributed by atoms with E-state index < -0.39 is 18.0 Å². The van der Waals surface area contributed by atoms with Crippen LogP contribution in [-0.4, -0.2) is 37.0 Å². The third-order valence-corrected chi connectivity index (χ3v) is 3.38. The molecule has 0 heterocycles. The first-order valence-electron chi connectivity index (χ1n) is 8.25. The fourth-order valence-electron chi connectivity index (χ4n) is 2.07. The number of hydrogen-bond acceptors (Lipinski definition) is 6.